The molecule has 0 spiro atoms. The van der Waals surface area contributed by atoms with Gasteiger partial charge in [-0.05, 0) is 12.5 Å². The smallest absolute Gasteiger partial charge is 0.321 e. The van der Waals surface area contributed by atoms with Gasteiger partial charge in [0.15, 0.2) is 0 Å². The van der Waals surface area contributed by atoms with E-state index in [9.17, 15) is 19.2 Å². The first-order valence-corrected chi connectivity index (χ1v) is 12.2. The topological polar surface area (TPSA) is 172 Å². The third-order valence-electron chi connectivity index (χ3n) is 4.49. The zero-order valence-electron chi connectivity index (χ0n) is 16.8. The number of nitrogens with zero attached hydrogens (tertiary/aromatic N) is 1. The van der Waals surface area contributed by atoms with Gasteiger partial charge in [-0.3, -0.25) is 28.2 Å². The maximum absolute atomic E-state index is 12.1. The van der Waals surface area contributed by atoms with Gasteiger partial charge in [-0.1, -0.05) is 37.3 Å². The van der Waals surface area contributed by atoms with E-state index >= 15 is 0 Å². The number of benzene rings is 1. The van der Waals surface area contributed by atoms with Gasteiger partial charge in [-0.15, -0.1) is 0 Å². The lowest BCUT2D eigenvalue weighted by molar-refractivity contribution is -0.579. The average molecular weight is 467 g/mol. The molecule has 0 aliphatic carbocycles. The van der Waals surface area contributed by atoms with Gasteiger partial charge in [0.25, 0.3) is 5.54 Å². The Morgan fingerprint density at radius 1 is 1.13 bits per heavy atom. The van der Waals surface area contributed by atoms with E-state index in [2.05, 4.69) is 14.1 Å². The Kier molecular flexibility index (Phi) is 8.31. The summed E-state index contributed by atoms with van der Waals surface area (Å²) in [5, 5.41) is 13.4. The first-order valence-electron chi connectivity index (χ1n) is 9.14. The normalized spacial score (nSPS) is 36.4. The molecule has 1 aromatic rings. The van der Waals surface area contributed by atoms with Gasteiger partial charge in [0, 0.05) is 17.9 Å². The van der Waals surface area contributed by atoms with E-state index < -0.39 is 31.6 Å². The summed E-state index contributed by atoms with van der Waals surface area (Å²) >= 11 is 0. The molecule has 30 heavy (non-hydrogen) atoms. The second-order valence-corrected chi connectivity index (χ2v) is 10.7. The number of nitro groups is 1. The summed E-state index contributed by atoms with van der Waals surface area (Å²) in [5.74, 6) is 0. The van der Waals surface area contributed by atoms with Gasteiger partial charge < -0.3 is 10.6 Å². The molecule has 1 aromatic carbocycles. The van der Waals surface area contributed by atoms with Crippen molar-refractivity contribution >= 4 is 15.6 Å². The quantitative estimate of drug-likeness (QED) is 0.329. The number of hydrogen-bond donors (Lipinski definition) is 3. The van der Waals surface area contributed by atoms with E-state index in [1.54, 1.807) is 13.8 Å². The maximum Gasteiger partial charge on any atom is 0.472 e. The van der Waals surface area contributed by atoms with Crippen LogP contribution in [0.25, 0.3) is 0 Å². The van der Waals surface area contributed by atoms with Crippen molar-refractivity contribution in [1.82, 2.24) is 5.09 Å². The molecule has 2 saturated heterocycles. The van der Waals surface area contributed by atoms with Crippen LogP contribution in [0.15, 0.2) is 30.3 Å². The zero-order chi connectivity index (χ0) is 22.5. The molecule has 3 rings (SSSR count). The van der Waals surface area contributed by atoms with Crippen LogP contribution in [-0.4, -0.2) is 47.3 Å². The van der Waals surface area contributed by atoms with Crippen molar-refractivity contribution in [2.75, 3.05) is 26.4 Å². The molecule has 0 atom stereocenters. The van der Waals surface area contributed by atoms with Gasteiger partial charge in [-0.25, -0.2) is 14.2 Å². The van der Waals surface area contributed by atoms with E-state index in [4.69, 9.17) is 19.7 Å². The fraction of sp³-hybridized carbons (Fsp3) is 0.625. The molecule has 0 radical (unpaired) electrons. The summed E-state index contributed by atoms with van der Waals surface area (Å²) in [5.41, 5.74) is 4.89. The summed E-state index contributed by atoms with van der Waals surface area (Å²) in [6.07, 6.45) is 0.194. The minimum absolute atomic E-state index is 0.194. The number of nitrogens with two attached hydrogens (primary N) is 1. The Bertz CT molecular complexity index is 795. The second-order valence-electron chi connectivity index (χ2n) is 7.37. The minimum atomic E-state index is -4.02. The molecular formula is C16H27N3O9P2. The predicted molar refractivity (Wildman–Crippen MR) is 107 cm³/mol. The summed E-state index contributed by atoms with van der Waals surface area (Å²) < 4.78 is 42.0. The second kappa shape index (κ2) is 9.95. The highest BCUT2D eigenvalue weighted by Gasteiger charge is 2.50. The molecule has 170 valence electrons. The van der Waals surface area contributed by atoms with Crippen molar-refractivity contribution in [2.45, 2.75) is 37.9 Å². The molecular weight excluding hydrogens is 440 g/mol. The van der Waals surface area contributed by atoms with E-state index in [1.165, 1.54) is 0 Å². The van der Waals surface area contributed by atoms with E-state index in [0.29, 0.717) is 6.54 Å². The fourth-order valence-corrected chi connectivity index (χ4v) is 4.78. The standard InChI is InChI=1S/C11H17N2O3P.C5H10NO6P/c1-11(12)8-15-17(14,16-9-11)13-7-10-5-3-2-4-6-10;1-2-5(6(7)8)3-11-13(9,10)12-4-5/h2-6H,7-9,12H2,1H3,(H,13,14);2-4H2,1H3,(H,9,10). The van der Waals surface area contributed by atoms with Gasteiger partial charge >= 0.3 is 15.6 Å². The number of nitrogens with one attached hydrogen (secondary N) is 1. The van der Waals surface area contributed by atoms with Crippen molar-refractivity contribution < 1.29 is 37.0 Å². The van der Waals surface area contributed by atoms with Crippen molar-refractivity contribution in [3.8, 4) is 0 Å². The number of hydrogen-bond acceptors (Lipinski definition) is 9. The zero-order valence-corrected chi connectivity index (χ0v) is 18.6. The highest BCUT2D eigenvalue weighted by Crippen LogP contribution is 2.49. The largest absolute Gasteiger partial charge is 0.472 e. The molecule has 14 heteroatoms. The van der Waals surface area contributed by atoms with Crippen LogP contribution in [0.5, 0.6) is 0 Å². The van der Waals surface area contributed by atoms with Crippen molar-refractivity contribution in [1.29, 1.82) is 0 Å². The van der Waals surface area contributed by atoms with Crippen LogP contribution in [-0.2, 0) is 33.8 Å². The van der Waals surface area contributed by atoms with Gasteiger partial charge in [0.1, 0.15) is 13.2 Å². The molecule has 0 bridgehead atoms. The highest BCUT2D eigenvalue weighted by atomic mass is 31.2. The Morgan fingerprint density at radius 3 is 2.13 bits per heavy atom. The molecule has 12 nitrogen and oxygen atoms in total. The van der Waals surface area contributed by atoms with Crippen LogP contribution in [0.2, 0.25) is 0 Å². The monoisotopic (exact) mass is 467 g/mol. The van der Waals surface area contributed by atoms with Crippen molar-refractivity contribution in [3.63, 3.8) is 0 Å². The average Bonchev–Trinajstić information content (AvgIpc) is 2.71. The van der Waals surface area contributed by atoms with Crippen LogP contribution in [0.4, 0.5) is 0 Å². The summed E-state index contributed by atoms with van der Waals surface area (Å²) in [4.78, 5) is 18.8. The predicted octanol–water partition coefficient (Wildman–Crippen LogP) is 2.21. The Labute approximate surface area is 174 Å². The molecule has 4 N–H and O–H groups in total. The maximum atomic E-state index is 12.1. The fourth-order valence-electron chi connectivity index (χ4n) is 2.34. The lowest BCUT2D eigenvalue weighted by Crippen LogP contribution is -2.48. The first-order chi connectivity index (χ1) is 13.9. The Morgan fingerprint density at radius 2 is 1.67 bits per heavy atom. The SMILES string of the molecule is CC1(N)COP(=O)(NCc2ccccc2)OC1.CCC1([N+](=O)[O-])COP(=O)(O)OC1. The number of phosphoric ester groups is 1. The van der Waals surface area contributed by atoms with Crippen LogP contribution < -0.4 is 10.8 Å². The van der Waals surface area contributed by atoms with Gasteiger partial charge in [-0.2, -0.15) is 0 Å². The minimum Gasteiger partial charge on any atom is -0.321 e. The molecule has 0 aromatic heterocycles. The summed E-state index contributed by atoms with van der Waals surface area (Å²) in [6, 6.07) is 9.66. The summed E-state index contributed by atoms with van der Waals surface area (Å²) in [7, 11) is -7.21. The lowest BCUT2D eigenvalue weighted by atomic mass is 10.0. The third kappa shape index (κ3) is 7.19. The van der Waals surface area contributed by atoms with Gasteiger partial charge in [0.05, 0.1) is 18.8 Å². The third-order valence-corrected chi connectivity index (χ3v) is 6.88. The molecule has 2 heterocycles. The first kappa shape index (κ1) is 25.1. The van der Waals surface area contributed by atoms with Crippen LogP contribution in [0, 0.1) is 10.1 Å². The van der Waals surface area contributed by atoms with Crippen LogP contribution >= 0.6 is 15.6 Å². The van der Waals surface area contributed by atoms with E-state index in [1.807, 2.05) is 30.3 Å². The van der Waals surface area contributed by atoms with Crippen LogP contribution in [0.3, 0.4) is 0 Å². The van der Waals surface area contributed by atoms with Gasteiger partial charge in [0.2, 0.25) is 0 Å². The molecule has 2 aliphatic heterocycles. The highest BCUT2D eigenvalue weighted by molar-refractivity contribution is 7.51. The Hall–Kier alpha value is -1.20. The summed E-state index contributed by atoms with van der Waals surface area (Å²) in [6.45, 7) is 3.53. The number of rotatable bonds is 5. The van der Waals surface area contributed by atoms with Crippen molar-refractivity contribution in [2.24, 2.45) is 5.73 Å². The molecule has 0 amide bonds. The van der Waals surface area contributed by atoms with E-state index in [0.717, 1.165) is 5.56 Å². The molecule has 2 fully saturated rings. The van der Waals surface area contributed by atoms with Crippen molar-refractivity contribution in [3.05, 3.63) is 46.0 Å². The Balaban J connectivity index is 0.000000222. The van der Waals surface area contributed by atoms with Crippen LogP contribution in [0.1, 0.15) is 25.8 Å². The number of phosphoric acid groups is 1. The lowest BCUT2D eigenvalue weighted by Gasteiger charge is -2.33. The van der Waals surface area contributed by atoms with E-state index in [-0.39, 0.29) is 32.8 Å². The molecule has 0 saturated carbocycles. The molecule has 0 unspecified atom stereocenters. The molecule has 2 aliphatic rings.